The van der Waals surface area contributed by atoms with E-state index < -0.39 is 0 Å². The lowest BCUT2D eigenvalue weighted by Crippen LogP contribution is -2.00. The molecule has 2 rings (SSSR count). The maximum atomic E-state index is 11.1. The van der Waals surface area contributed by atoms with Gasteiger partial charge in [-0.2, -0.15) is 0 Å². The zero-order valence-corrected chi connectivity index (χ0v) is 16.6. The molecule has 0 saturated carbocycles. The fourth-order valence-electron chi connectivity index (χ4n) is 1.76. The van der Waals surface area contributed by atoms with E-state index in [0.717, 1.165) is 22.2 Å². The Balaban J connectivity index is 0.000000273. The Hall–Kier alpha value is -1.96. The van der Waals surface area contributed by atoms with E-state index in [-0.39, 0.29) is 11.9 Å². The van der Waals surface area contributed by atoms with E-state index in [1.807, 2.05) is 12.1 Å². The van der Waals surface area contributed by atoms with Gasteiger partial charge in [-0.05, 0) is 48.5 Å². The molecule has 0 radical (unpaired) electrons. The van der Waals surface area contributed by atoms with Crippen LogP contribution in [0.4, 0.5) is 0 Å². The van der Waals surface area contributed by atoms with Crippen molar-refractivity contribution in [2.75, 3.05) is 33.7 Å². The third-order valence-electron chi connectivity index (χ3n) is 3.12. The fraction of sp³-hybridized carbons (Fsp3) is 0.263. The molecule has 7 heteroatoms. The van der Waals surface area contributed by atoms with Gasteiger partial charge in [-0.1, -0.05) is 0 Å². The number of esters is 2. The molecule has 0 N–H and O–H groups in total. The molecule has 0 fully saturated rings. The lowest BCUT2D eigenvalue weighted by molar-refractivity contribution is 0.0592. The zero-order chi connectivity index (χ0) is 19.4. The molecule has 0 saturated heterocycles. The summed E-state index contributed by atoms with van der Waals surface area (Å²) in [6, 6.07) is 14.2. The van der Waals surface area contributed by atoms with Gasteiger partial charge in [-0.15, -0.1) is 24.4 Å². The van der Waals surface area contributed by atoms with Crippen LogP contribution in [0.15, 0.2) is 58.3 Å². The predicted octanol–water partition coefficient (Wildman–Crippen LogP) is 3.97. The standard InChI is InChI=1S/C11H14O3S.C8H8O2S/c1-13-7-8-15-10-5-3-9(4-6-10)11(12)14-2;1-10-8(9)6-2-4-7(11)5-3-6/h3-6H,7-8H2,1-2H3;2-5,11H,1H3. The van der Waals surface area contributed by atoms with Crippen LogP contribution in [0.2, 0.25) is 0 Å². The van der Waals surface area contributed by atoms with Crippen molar-refractivity contribution in [2.45, 2.75) is 9.79 Å². The third-order valence-corrected chi connectivity index (χ3v) is 4.39. The highest BCUT2D eigenvalue weighted by Gasteiger charge is 2.04. The van der Waals surface area contributed by atoms with Crippen LogP contribution in [-0.2, 0) is 14.2 Å². The van der Waals surface area contributed by atoms with E-state index in [4.69, 9.17) is 4.74 Å². The molecule has 26 heavy (non-hydrogen) atoms. The lowest BCUT2D eigenvalue weighted by atomic mass is 10.2. The monoisotopic (exact) mass is 394 g/mol. The van der Waals surface area contributed by atoms with Gasteiger partial charge in [0.05, 0.1) is 32.0 Å². The highest BCUT2D eigenvalue weighted by molar-refractivity contribution is 7.99. The Morgan fingerprint density at radius 1 is 0.846 bits per heavy atom. The van der Waals surface area contributed by atoms with E-state index in [2.05, 4.69) is 22.1 Å². The maximum Gasteiger partial charge on any atom is 0.337 e. The first-order chi connectivity index (χ1) is 12.5. The maximum absolute atomic E-state index is 11.1. The summed E-state index contributed by atoms with van der Waals surface area (Å²) in [5, 5.41) is 0. The predicted molar refractivity (Wildman–Crippen MR) is 105 cm³/mol. The summed E-state index contributed by atoms with van der Waals surface area (Å²) in [6.45, 7) is 0.726. The second-order valence-corrected chi connectivity index (χ2v) is 6.58. The van der Waals surface area contributed by atoms with Gasteiger partial charge in [0.15, 0.2) is 0 Å². The van der Waals surface area contributed by atoms with Crippen LogP contribution in [0, 0.1) is 0 Å². The van der Waals surface area contributed by atoms with Crippen molar-refractivity contribution in [1.29, 1.82) is 0 Å². The first-order valence-electron chi connectivity index (χ1n) is 7.69. The van der Waals surface area contributed by atoms with Crippen LogP contribution in [0.5, 0.6) is 0 Å². The van der Waals surface area contributed by atoms with Crippen LogP contribution in [0.1, 0.15) is 20.7 Å². The Kier molecular flexibility index (Phi) is 10.5. The van der Waals surface area contributed by atoms with Crippen molar-refractivity contribution in [3.05, 3.63) is 59.7 Å². The highest BCUT2D eigenvalue weighted by Crippen LogP contribution is 2.18. The Morgan fingerprint density at radius 3 is 1.73 bits per heavy atom. The van der Waals surface area contributed by atoms with Gasteiger partial charge in [-0.3, -0.25) is 0 Å². The molecule has 0 aromatic heterocycles. The number of thioether (sulfide) groups is 1. The van der Waals surface area contributed by atoms with Crippen LogP contribution >= 0.6 is 24.4 Å². The normalized spacial score (nSPS) is 9.69. The first-order valence-corrected chi connectivity index (χ1v) is 9.12. The minimum atomic E-state index is -0.321. The van der Waals surface area contributed by atoms with Crippen LogP contribution in [0.25, 0.3) is 0 Å². The van der Waals surface area contributed by atoms with Crippen molar-refractivity contribution >= 4 is 36.3 Å². The molecule has 140 valence electrons. The SMILES string of the molecule is COC(=O)c1ccc(S)cc1.COCCSc1ccc(C(=O)OC)cc1. The number of hydrogen-bond acceptors (Lipinski definition) is 7. The number of rotatable bonds is 6. The summed E-state index contributed by atoms with van der Waals surface area (Å²) in [4.78, 5) is 24.0. The molecule has 0 unspecified atom stereocenters. The molecule has 2 aromatic carbocycles. The van der Waals surface area contributed by atoms with E-state index in [1.165, 1.54) is 14.2 Å². The molecule has 5 nitrogen and oxygen atoms in total. The van der Waals surface area contributed by atoms with Crippen molar-refractivity contribution < 1.29 is 23.8 Å². The number of hydrogen-bond donors (Lipinski definition) is 1. The number of thiol groups is 1. The van der Waals surface area contributed by atoms with Gasteiger partial charge in [0, 0.05) is 22.7 Å². The van der Waals surface area contributed by atoms with Crippen molar-refractivity contribution in [3.63, 3.8) is 0 Å². The summed E-state index contributed by atoms with van der Waals surface area (Å²) in [6.07, 6.45) is 0. The second-order valence-electron chi connectivity index (χ2n) is 4.90. The van der Waals surface area contributed by atoms with E-state index >= 15 is 0 Å². The molecule has 0 bridgehead atoms. The minimum absolute atomic E-state index is 0.302. The smallest absolute Gasteiger partial charge is 0.337 e. The van der Waals surface area contributed by atoms with Crippen molar-refractivity contribution in [2.24, 2.45) is 0 Å². The van der Waals surface area contributed by atoms with E-state index in [9.17, 15) is 9.59 Å². The average Bonchev–Trinajstić information content (AvgIpc) is 2.68. The van der Waals surface area contributed by atoms with Crippen LogP contribution in [0.3, 0.4) is 0 Å². The molecular formula is C19H22O5S2. The van der Waals surface area contributed by atoms with Crippen LogP contribution < -0.4 is 0 Å². The Labute approximate surface area is 163 Å². The van der Waals surface area contributed by atoms with E-state index in [1.54, 1.807) is 55.3 Å². The lowest BCUT2D eigenvalue weighted by Gasteiger charge is -2.02. The molecule has 0 spiro atoms. The van der Waals surface area contributed by atoms with Gasteiger partial charge < -0.3 is 14.2 Å². The molecule has 2 aromatic rings. The number of benzene rings is 2. The summed E-state index contributed by atoms with van der Waals surface area (Å²) < 4.78 is 14.1. The summed E-state index contributed by atoms with van der Waals surface area (Å²) in [5.41, 5.74) is 1.12. The number of ether oxygens (including phenoxy) is 3. The van der Waals surface area contributed by atoms with Crippen molar-refractivity contribution in [1.82, 2.24) is 0 Å². The molecule has 0 aliphatic heterocycles. The number of carbonyl (C=O) groups excluding carboxylic acids is 2. The topological polar surface area (TPSA) is 61.8 Å². The Bertz CT molecular complexity index is 684. The fourth-order valence-corrected chi connectivity index (χ4v) is 2.73. The second kappa shape index (κ2) is 12.4. The van der Waals surface area contributed by atoms with Gasteiger partial charge in [0.25, 0.3) is 0 Å². The molecule has 0 amide bonds. The van der Waals surface area contributed by atoms with Gasteiger partial charge in [0.2, 0.25) is 0 Å². The molecular weight excluding hydrogens is 372 g/mol. The zero-order valence-electron chi connectivity index (χ0n) is 14.9. The summed E-state index contributed by atoms with van der Waals surface area (Å²) >= 11 is 5.77. The average molecular weight is 395 g/mol. The number of carbonyl (C=O) groups is 2. The van der Waals surface area contributed by atoms with Gasteiger partial charge in [-0.25, -0.2) is 9.59 Å². The van der Waals surface area contributed by atoms with Gasteiger partial charge >= 0.3 is 11.9 Å². The van der Waals surface area contributed by atoms with Gasteiger partial charge in [0.1, 0.15) is 0 Å². The highest BCUT2D eigenvalue weighted by atomic mass is 32.2. The summed E-state index contributed by atoms with van der Waals surface area (Å²) in [5.74, 6) is 0.287. The van der Waals surface area contributed by atoms with Crippen LogP contribution in [-0.4, -0.2) is 45.6 Å². The van der Waals surface area contributed by atoms with E-state index in [0.29, 0.717) is 11.1 Å². The van der Waals surface area contributed by atoms with Crippen molar-refractivity contribution in [3.8, 4) is 0 Å². The first kappa shape index (κ1) is 22.1. The largest absolute Gasteiger partial charge is 0.465 e. The quantitative estimate of drug-likeness (QED) is 0.346. The third kappa shape index (κ3) is 7.95. The minimum Gasteiger partial charge on any atom is -0.465 e. The molecule has 0 atom stereocenters. The molecule has 0 aliphatic rings. The molecule has 0 heterocycles. The molecule has 0 aliphatic carbocycles. The Morgan fingerprint density at radius 2 is 1.31 bits per heavy atom. The summed E-state index contributed by atoms with van der Waals surface area (Å²) in [7, 11) is 4.42. The number of methoxy groups -OCH3 is 3.